The normalized spacial score (nSPS) is 10.3. The maximum Gasteiger partial charge on any atom is 0.309 e. The summed E-state index contributed by atoms with van der Waals surface area (Å²) in [7, 11) is 3.49. The van der Waals surface area contributed by atoms with Gasteiger partial charge < -0.3 is 9.88 Å². The molecule has 0 fully saturated rings. The van der Waals surface area contributed by atoms with Crippen LogP contribution in [0, 0.1) is 10.1 Å². The zero-order valence-electron chi connectivity index (χ0n) is 9.99. The Morgan fingerprint density at radius 3 is 2.83 bits per heavy atom. The molecular weight excluding hydrogens is 236 g/mol. The SMILES string of the molecule is CNc1ncc([N+](=O)[O-])c(Cc2nccn2C)n1. The Balaban J connectivity index is 2.41. The van der Waals surface area contributed by atoms with E-state index in [1.165, 1.54) is 6.20 Å². The van der Waals surface area contributed by atoms with Gasteiger partial charge in [-0.1, -0.05) is 0 Å². The maximum atomic E-state index is 10.9. The van der Waals surface area contributed by atoms with Crippen molar-refractivity contribution in [2.45, 2.75) is 6.42 Å². The monoisotopic (exact) mass is 248 g/mol. The predicted molar refractivity (Wildman–Crippen MR) is 64.2 cm³/mol. The first-order valence-electron chi connectivity index (χ1n) is 5.26. The number of hydrogen-bond donors (Lipinski definition) is 1. The highest BCUT2D eigenvalue weighted by Gasteiger charge is 2.18. The Bertz CT molecular complexity index is 579. The molecule has 0 aromatic carbocycles. The number of nitrogens with zero attached hydrogens (tertiary/aromatic N) is 5. The lowest BCUT2D eigenvalue weighted by molar-refractivity contribution is -0.386. The van der Waals surface area contributed by atoms with Gasteiger partial charge in [0.05, 0.1) is 11.3 Å². The highest BCUT2D eigenvalue weighted by molar-refractivity contribution is 5.39. The number of hydrogen-bond acceptors (Lipinski definition) is 6. The van der Waals surface area contributed by atoms with E-state index >= 15 is 0 Å². The summed E-state index contributed by atoms with van der Waals surface area (Å²) in [6, 6.07) is 0. The standard InChI is InChI=1S/C10H12N6O2/c1-11-10-13-6-8(16(17)18)7(14-10)5-9-12-3-4-15(9)2/h3-4,6H,5H2,1-2H3,(H,11,13,14). The van der Waals surface area contributed by atoms with Gasteiger partial charge in [0, 0.05) is 26.5 Å². The van der Waals surface area contributed by atoms with Gasteiger partial charge in [-0.25, -0.2) is 15.0 Å². The van der Waals surface area contributed by atoms with Gasteiger partial charge in [0.1, 0.15) is 17.7 Å². The fraction of sp³-hybridized carbons (Fsp3) is 0.300. The molecule has 2 rings (SSSR count). The van der Waals surface area contributed by atoms with E-state index in [-0.39, 0.29) is 12.1 Å². The second-order valence-corrected chi connectivity index (χ2v) is 3.66. The predicted octanol–water partition coefficient (Wildman–Crippen LogP) is 0.751. The molecule has 0 aliphatic rings. The average molecular weight is 248 g/mol. The van der Waals surface area contributed by atoms with Gasteiger partial charge in [0.15, 0.2) is 0 Å². The Morgan fingerprint density at radius 2 is 2.28 bits per heavy atom. The van der Waals surface area contributed by atoms with Crippen LogP contribution in [-0.4, -0.2) is 31.5 Å². The summed E-state index contributed by atoms with van der Waals surface area (Å²) in [6.45, 7) is 0. The van der Waals surface area contributed by atoms with E-state index in [4.69, 9.17) is 0 Å². The molecule has 0 atom stereocenters. The molecule has 0 saturated carbocycles. The first kappa shape index (κ1) is 12.0. The molecule has 0 saturated heterocycles. The number of imidazole rings is 1. The Morgan fingerprint density at radius 1 is 1.50 bits per heavy atom. The number of aromatic nitrogens is 4. The molecule has 2 aromatic rings. The molecule has 0 unspecified atom stereocenters. The van der Waals surface area contributed by atoms with E-state index in [9.17, 15) is 10.1 Å². The molecule has 2 aromatic heterocycles. The van der Waals surface area contributed by atoms with E-state index in [1.807, 2.05) is 7.05 Å². The van der Waals surface area contributed by atoms with Crippen LogP contribution in [0.1, 0.15) is 11.5 Å². The number of rotatable bonds is 4. The maximum absolute atomic E-state index is 10.9. The first-order chi connectivity index (χ1) is 8.61. The van der Waals surface area contributed by atoms with Gasteiger partial charge in [0.25, 0.3) is 0 Å². The van der Waals surface area contributed by atoms with Crippen molar-refractivity contribution in [3.8, 4) is 0 Å². The number of aryl methyl sites for hydroxylation is 1. The van der Waals surface area contributed by atoms with Crippen LogP contribution >= 0.6 is 0 Å². The van der Waals surface area contributed by atoms with E-state index < -0.39 is 4.92 Å². The van der Waals surface area contributed by atoms with Crippen LogP contribution in [0.25, 0.3) is 0 Å². The molecule has 94 valence electrons. The number of anilines is 1. The summed E-state index contributed by atoms with van der Waals surface area (Å²) in [5, 5.41) is 13.7. The Labute approximate surface area is 103 Å². The van der Waals surface area contributed by atoms with Gasteiger partial charge in [-0.2, -0.15) is 0 Å². The highest BCUT2D eigenvalue weighted by atomic mass is 16.6. The molecule has 18 heavy (non-hydrogen) atoms. The van der Waals surface area contributed by atoms with E-state index in [0.717, 1.165) is 0 Å². The van der Waals surface area contributed by atoms with E-state index in [1.54, 1.807) is 24.0 Å². The molecular formula is C10H12N6O2. The second-order valence-electron chi connectivity index (χ2n) is 3.66. The van der Waals surface area contributed by atoms with Crippen molar-refractivity contribution in [2.75, 3.05) is 12.4 Å². The van der Waals surface area contributed by atoms with Crippen molar-refractivity contribution in [2.24, 2.45) is 7.05 Å². The summed E-state index contributed by atoms with van der Waals surface area (Å²) in [6.07, 6.45) is 4.91. The first-order valence-corrected chi connectivity index (χ1v) is 5.26. The zero-order valence-corrected chi connectivity index (χ0v) is 9.99. The van der Waals surface area contributed by atoms with Crippen molar-refractivity contribution >= 4 is 11.6 Å². The lowest BCUT2D eigenvalue weighted by Gasteiger charge is -2.04. The van der Waals surface area contributed by atoms with Gasteiger partial charge >= 0.3 is 5.69 Å². The summed E-state index contributed by atoms with van der Waals surface area (Å²) < 4.78 is 1.80. The van der Waals surface area contributed by atoms with Crippen LogP contribution in [0.15, 0.2) is 18.6 Å². The van der Waals surface area contributed by atoms with Gasteiger partial charge in [-0.05, 0) is 0 Å². The van der Waals surface area contributed by atoms with Crippen LogP contribution < -0.4 is 5.32 Å². The van der Waals surface area contributed by atoms with E-state index in [0.29, 0.717) is 17.5 Å². The quantitative estimate of drug-likeness (QED) is 0.633. The molecule has 0 amide bonds. The number of nitrogens with one attached hydrogen (secondary N) is 1. The van der Waals surface area contributed by atoms with Crippen LogP contribution in [0.4, 0.5) is 11.6 Å². The number of nitro groups is 1. The summed E-state index contributed by atoms with van der Waals surface area (Å²) >= 11 is 0. The third-order valence-corrected chi connectivity index (χ3v) is 2.51. The minimum atomic E-state index is -0.488. The second kappa shape index (κ2) is 4.78. The lowest BCUT2D eigenvalue weighted by atomic mass is 10.2. The topological polar surface area (TPSA) is 98.8 Å². The molecule has 0 spiro atoms. The third-order valence-electron chi connectivity index (χ3n) is 2.51. The minimum absolute atomic E-state index is 0.1000. The summed E-state index contributed by atoms with van der Waals surface area (Å²) in [4.78, 5) is 22.5. The summed E-state index contributed by atoms with van der Waals surface area (Å²) in [5.74, 6) is 1.06. The van der Waals surface area contributed by atoms with Crippen molar-refractivity contribution in [1.29, 1.82) is 0 Å². The highest BCUT2D eigenvalue weighted by Crippen LogP contribution is 2.19. The van der Waals surface area contributed by atoms with Crippen molar-refractivity contribution in [1.82, 2.24) is 19.5 Å². The van der Waals surface area contributed by atoms with Crippen LogP contribution in [0.2, 0.25) is 0 Å². The van der Waals surface area contributed by atoms with Crippen LogP contribution in [0.5, 0.6) is 0 Å². The smallest absolute Gasteiger partial charge is 0.309 e. The van der Waals surface area contributed by atoms with Gasteiger partial charge in [-0.3, -0.25) is 10.1 Å². The van der Waals surface area contributed by atoms with Crippen LogP contribution in [-0.2, 0) is 13.5 Å². The molecule has 2 heterocycles. The van der Waals surface area contributed by atoms with Crippen molar-refractivity contribution < 1.29 is 4.92 Å². The Kier molecular flexibility index (Phi) is 3.18. The zero-order chi connectivity index (χ0) is 13.1. The van der Waals surface area contributed by atoms with Gasteiger partial charge in [0.2, 0.25) is 5.95 Å². The van der Waals surface area contributed by atoms with Gasteiger partial charge in [-0.15, -0.1) is 0 Å². The Hall–Kier alpha value is -2.51. The fourth-order valence-corrected chi connectivity index (χ4v) is 1.53. The largest absolute Gasteiger partial charge is 0.357 e. The van der Waals surface area contributed by atoms with E-state index in [2.05, 4.69) is 20.3 Å². The average Bonchev–Trinajstić information content (AvgIpc) is 2.74. The molecule has 0 bridgehead atoms. The molecule has 1 N–H and O–H groups in total. The molecule has 0 aliphatic carbocycles. The lowest BCUT2D eigenvalue weighted by Crippen LogP contribution is -2.07. The minimum Gasteiger partial charge on any atom is -0.357 e. The van der Waals surface area contributed by atoms with Crippen molar-refractivity contribution in [3.63, 3.8) is 0 Å². The van der Waals surface area contributed by atoms with Crippen molar-refractivity contribution in [3.05, 3.63) is 40.2 Å². The molecule has 8 nitrogen and oxygen atoms in total. The summed E-state index contributed by atoms with van der Waals surface area (Å²) in [5.41, 5.74) is 0.241. The molecule has 0 aliphatic heterocycles. The molecule has 8 heteroatoms. The van der Waals surface area contributed by atoms with Crippen LogP contribution in [0.3, 0.4) is 0 Å². The fourth-order valence-electron chi connectivity index (χ4n) is 1.53. The molecule has 0 radical (unpaired) electrons. The third kappa shape index (κ3) is 2.26.